The largest absolute Gasteiger partial charge is 0.394 e. The van der Waals surface area contributed by atoms with Gasteiger partial charge < -0.3 is 25.5 Å². The molecule has 0 fully saturated rings. The second-order valence-electron chi connectivity index (χ2n) is 4.28. The van der Waals surface area contributed by atoms with Crippen LogP contribution in [-0.2, 0) is 0 Å². The summed E-state index contributed by atoms with van der Waals surface area (Å²) in [5, 5.41) is 46.5. The molecular formula is C10H22O5S2. The average molecular weight is 286 g/mol. The highest BCUT2D eigenvalue weighted by atomic mass is 32.1. The Morgan fingerprint density at radius 3 is 1.53 bits per heavy atom. The van der Waals surface area contributed by atoms with Crippen LogP contribution >= 0.6 is 25.3 Å². The SMILES string of the molecule is CC(S)C(C(C)S)C(O)C(O)C(O)C(O)CO. The first-order valence-corrected chi connectivity index (χ1v) is 6.46. The van der Waals surface area contributed by atoms with E-state index < -0.39 is 36.9 Å². The number of hydrogen-bond acceptors (Lipinski definition) is 7. The fraction of sp³-hybridized carbons (Fsp3) is 1.00. The molecule has 17 heavy (non-hydrogen) atoms. The molecule has 0 saturated carbocycles. The fourth-order valence-electron chi connectivity index (χ4n) is 1.74. The summed E-state index contributed by atoms with van der Waals surface area (Å²) in [6, 6.07) is 0. The molecule has 104 valence electrons. The Labute approximate surface area is 112 Å². The van der Waals surface area contributed by atoms with Gasteiger partial charge in [0, 0.05) is 16.4 Å². The zero-order valence-electron chi connectivity index (χ0n) is 9.88. The number of thiol groups is 2. The Kier molecular flexibility index (Phi) is 8.06. The highest BCUT2D eigenvalue weighted by molar-refractivity contribution is 7.81. The maximum Gasteiger partial charge on any atom is 0.110 e. The molecule has 0 radical (unpaired) electrons. The third-order valence-electron chi connectivity index (χ3n) is 2.79. The zero-order valence-corrected chi connectivity index (χ0v) is 11.7. The molecule has 0 aromatic rings. The van der Waals surface area contributed by atoms with Crippen LogP contribution in [0.15, 0.2) is 0 Å². The Morgan fingerprint density at radius 2 is 1.24 bits per heavy atom. The fourth-order valence-corrected chi connectivity index (χ4v) is 2.74. The van der Waals surface area contributed by atoms with Gasteiger partial charge in [0.2, 0.25) is 0 Å². The van der Waals surface area contributed by atoms with Crippen molar-refractivity contribution in [3.8, 4) is 0 Å². The quantitative estimate of drug-likeness (QED) is 0.294. The van der Waals surface area contributed by atoms with Gasteiger partial charge in [-0.3, -0.25) is 0 Å². The summed E-state index contributed by atoms with van der Waals surface area (Å²) in [7, 11) is 0. The van der Waals surface area contributed by atoms with Crippen LogP contribution in [0, 0.1) is 5.92 Å². The molecular weight excluding hydrogens is 264 g/mol. The second-order valence-corrected chi connectivity index (χ2v) is 5.91. The molecule has 6 atom stereocenters. The van der Waals surface area contributed by atoms with Gasteiger partial charge in [-0.15, -0.1) is 0 Å². The predicted octanol–water partition coefficient (Wildman–Crippen LogP) is -1.32. The average Bonchev–Trinajstić information content (AvgIpc) is 2.24. The van der Waals surface area contributed by atoms with Crippen molar-refractivity contribution < 1.29 is 25.5 Å². The predicted molar refractivity (Wildman–Crippen MR) is 71.5 cm³/mol. The molecule has 0 spiro atoms. The molecule has 0 rings (SSSR count). The minimum Gasteiger partial charge on any atom is -0.394 e. The monoisotopic (exact) mass is 286 g/mol. The van der Waals surface area contributed by atoms with Gasteiger partial charge in [-0.1, -0.05) is 13.8 Å². The van der Waals surface area contributed by atoms with Gasteiger partial charge >= 0.3 is 0 Å². The van der Waals surface area contributed by atoms with Crippen LogP contribution in [0.3, 0.4) is 0 Å². The smallest absolute Gasteiger partial charge is 0.110 e. The van der Waals surface area contributed by atoms with Crippen molar-refractivity contribution in [1.29, 1.82) is 0 Å². The lowest BCUT2D eigenvalue weighted by Crippen LogP contribution is -2.51. The third-order valence-corrected chi connectivity index (χ3v) is 3.48. The topological polar surface area (TPSA) is 101 Å². The summed E-state index contributed by atoms with van der Waals surface area (Å²) in [6.45, 7) is 2.79. The normalized spacial score (nSPS) is 24.5. The molecule has 5 nitrogen and oxygen atoms in total. The van der Waals surface area contributed by atoms with Gasteiger partial charge in [0.1, 0.15) is 18.3 Å². The van der Waals surface area contributed by atoms with E-state index in [1.165, 1.54) is 0 Å². The van der Waals surface area contributed by atoms with E-state index in [1.807, 2.05) is 0 Å². The van der Waals surface area contributed by atoms with Crippen LogP contribution in [0.4, 0.5) is 0 Å². The maximum atomic E-state index is 9.93. The van der Waals surface area contributed by atoms with Crippen LogP contribution in [-0.4, -0.2) is 67.1 Å². The van der Waals surface area contributed by atoms with Crippen molar-refractivity contribution in [2.45, 2.75) is 48.8 Å². The molecule has 0 aromatic heterocycles. The molecule has 0 saturated heterocycles. The Hall–Kier alpha value is 0.500. The summed E-state index contributed by atoms with van der Waals surface area (Å²) in [4.78, 5) is 0. The number of rotatable bonds is 7. The van der Waals surface area contributed by atoms with Gasteiger partial charge in [0.15, 0.2) is 0 Å². The number of aliphatic hydroxyl groups excluding tert-OH is 5. The Balaban J connectivity index is 4.70. The van der Waals surface area contributed by atoms with E-state index in [1.54, 1.807) is 13.8 Å². The lowest BCUT2D eigenvalue weighted by Gasteiger charge is -2.34. The number of hydrogen-bond donors (Lipinski definition) is 7. The lowest BCUT2D eigenvalue weighted by molar-refractivity contribution is -0.126. The van der Waals surface area contributed by atoms with Gasteiger partial charge in [-0.05, 0) is 0 Å². The van der Waals surface area contributed by atoms with Crippen molar-refractivity contribution in [2.24, 2.45) is 5.92 Å². The summed E-state index contributed by atoms with van der Waals surface area (Å²) in [5.41, 5.74) is 0. The van der Waals surface area contributed by atoms with E-state index in [0.29, 0.717) is 0 Å². The summed E-state index contributed by atoms with van der Waals surface area (Å²) >= 11 is 8.39. The van der Waals surface area contributed by atoms with Gasteiger partial charge in [-0.25, -0.2) is 0 Å². The zero-order chi connectivity index (χ0) is 13.7. The van der Waals surface area contributed by atoms with Crippen molar-refractivity contribution in [3.63, 3.8) is 0 Å². The molecule has 0 aliphatic carbocycles. The van der Waals surface area contributed by atoms with Crippen LogP contribution in [0.2, 0.25) is 0 Å². The lowest BCUT2D eigenvalue weighted by atomic mass is 9.88. The minimum atomic E-state index is -1.61. The van der Waals surface area contributed by atoms with Gasteiger partial charge in [-0.2, -0.15) is 25.3 Å². The molecule has 0 bridgehead atoms. The van der Waals surface area contributed by atoms with E-state index in [2.05, 4.69) is 25.3 Å². The minimum absolute atomic E-state index is 0.245. The molecule has 0 heterocycles. The highest BCUT2D eigenvalue weighted by Gasteiger charge is 2.37. The van der Waals surface area contributed by atoms with Crippen LogP contribution < -0.4 is 0 Å². The Bertz CT molecular complexity index is 207. The maximum absolute atomic E-state index is 9.93. The summed E-state index contributed by atoms with van der Waals surface area (Å²) < 4.78 is 0. The second kappa shape index (κ2) is 7.83. The van der Waals surface area contributed by atoms with Crippen molar-refractivity contribution in [1.82, 2.24) is 0 Å². The molecule has 5 N–H and O–H groups in total. The molecule has 7 heteroatoms. The highest BCUT2D eigenvalue weighted by Crippen LogP contribution is 2.25. The van der Waals surface area contributed by atoms with Gasteiger partial charge in [0.25, 0.3) is 0 Å². The first kappa shape index (κ1) is 17.5. The van der Waals surface area contributed by atoms with E-state index >= 15 is 0 Å². The molecule has 0 aromatic carbocycles. The van der Waals surface area contributed by atoms with Crippen molar-refractivity contribution in [2.75, 3.05) is 6.61 Å². The summed E-state index contributed by atoms with van der Waals surface area (Å²) in [6.07, 6.45) is -5.96. The van der Waals surface area contributed by atoms with Crippen LogP contribution in [0.5, 0.6) is 0 Å². The van der Waals surface area contributed by atoms with E-state index in [9.17, 15) is 20.4 Å². The van der Waals surface area contributed by atoms with Crippen molar-refractivity contribution in [3.05, 3.63) is 0 Å². The third kappa shape index (κ3) is 4.94. The van der Waals surface area contributed by atoms with E-state index in [4.69, 9.17) is 5.11 Å². The molecule has 0 aliphatic rings. The van der Waals surface area contributed by atoms with Crippen LogP contribution in [0.1, 0.15) is 13.8 Å². The first-order chi connectivity index (χ1) is 7.73. The Morgan fingerprint density at radius 1 is 0.824 bits per heavy atom. The van der Waals surface area contributed by atoms with E-state index in [-0.39, 0.29) is 10.5 Å². The van der Waals surface area contributed by atoms with E-state index in [0.717, 1.165) is 0 Å². The molecule has 0 aliphatic heterocycles. The number of aliphatic hydroxyl groups is 5. The van der Waals surface area contributed by atoms with Crippen LogP contribution in [0.25, 0.3) is 0 Å². The first-order valence-electron chi connectivity index (χ1n) is 5.43. The molecule has 0 amide bonds. The standard InChI is InChI=1S/C10H22O5S2/c1-4(16)7(5(2)17)9(14)10(15)8(13)6(12)3-11/h4-17H,3H2,1-2H3. The van der Waals surface area contributed by atoms with Crippen molar-refractivity contribution >= 4 is 25.3 Å². The molecule has 6 unspecified atom stereocenters. The van der Waals surface area contributed by atoms with Gasteiger partial charge in [0.05, 0.1) is 12.7 Å². The summed E-state index contributed by atoms with van der Waals surface area (Å²) in [5.74, 6) is -0.461.